The highest BCUT2D eigenvalue weighted by Crippen LogP contribution is 2.22. The fourth-order valence-electron chi connectivity index (χ4n) is 3.25. The fraction of sp³-hybridized carbons (Fsp3) is 0.125. The molecule has 33 heavy (non-hydrogen) atoms. The third-order valence-corrected chi connectivity index (χ3v) is 6.96. The van der Waals surface area contributed by atoms with Crippen molar-refractivity contribution in [2.75, 3.05) is 16.7 Å². The minimum atomic E-state index is -3.74. The number of nitrogens with zero attached hydrogens (tertiary/aromatic N) is 4. The number of hydrogen-bond acceptors (Lipinski definition) is 5. The van der Waals surface area contributed by atoms with E-state index in [1.165, 1.54) is 35.6 Å². The van der Waals surface area contributed by atoms with Crippen LogP contribution in [-0.2, 0) is 23.0 Å². The number of benzene rings is 2. The number of aromatic nitrogens is 3. The lowest BCUT2D eigenvalue weighted by atomic mass is 10.2. The third kappa shape index (κ3) is 5.27. The van der Waals surface area contributed by atoms with Crippen LogP contribution in [0.25, 0.3) is 0 Å². The summed E-state index contributed by atoms with van der Waals surface area (Å²) in [5, 5.41) is 7.11. The second kappa shape index (κ2) is 9.66. The van der Waals surface area contributed by atoms with Gasteiger partial charge in [0.25, 0.3) is 15.9 Å². The van der Waals surface area contributed by atoms with Crippen molar-refractivity contribution >= 4 is 27.4 Å². The van der Waals surface area contributed by atoms with Gasteiger partial charge < -0.3 is 5.32 Å². The Bertz CT molecular complexity index is 1320. The fourth-order valence-corrected chi connectivity index (χ4v) is 4.44. The summed E-state index contributed by atoms with van der Waals surface area (Å²) in [4.78, 5) is 16.7. The number of amides is 1. The molecule has 9 heteroatoms. The van der Waals surface area contributed by atoms with E-state index in [1.807, 2.05) is 18.2 Å². The number of nitrogens with one attached hydrogen (secondary N) is 1. The smallest absolute Gasteiger partial charge is 0.264 e. The normalized spacial score (nSPS) is 11.2. The number of rotatable bonds is 8. The molecular formula is C24H23N5O3S. The second-order valence-corrected chi connectivity index (χ2v) is 9.33. The van der Waals surface area contributed by atoms with E-state index in [0.29, 0.717) is 23.6 Å². The van der Waals surface area contributed by atoms with Gasteiger partial charge in [-0.05, 0) is 60.5 Å². The summed E-state index contributed by atoms with van der Waals surface area (Å²) in [6.07, 6.45) is 6.09. The zero-order chi connectivity index (χ0) is 23.3. The number of anilines is 2. The van der Waals surface area contributed by atoms with Crippen LogP contribution in [0.2, 0.25) is 0 Å². The molecular weight excluding hydrogens is 438 g/mol. The molecule has 1 N–H and O–H groups in total. The van der Waals surface area contributed by atoms with E-state index in [-0.39, 0.29) is 10.8 Å². The van der Waals surface area contributed by atoms with Crippen LogP contribution in [0.15, 0.2) is 96.3 Å². The predicted octanol–water partition coefficient (Wildman–Crippen LogP) is 3.60. The highest BCUT2D eigenvalue weighted by molar-refractivity contribution is 7.92. The molecule has 4 rings (SSSR count). The number of aryl methyl sites for hydroxylation is 2. The first-order valence-electron chi connectivity index (χ1n) is 10.3. The molecule has 2 aromatic carbocycles. The van der Waals surface area contributed by atoms with Crippen LogP contribution in [-0.4, -0.2) is 36.1 Å². The van der Waals surface area contributed by atoms with Crippen molar-refractivity contribution in [3.63, 3.8) is 0 Å². The molecule has 168 valence electrons. The lowest BCUT2D eigenvalue weighted by molar-refractivity contribution is 0.102. The summed E-state index contributed by atoms with van der Waals surface area (Å²) >= 11 is 0. The Balaban J connectivity index is 1.39. The van der Waals surface area contributed by atoms with Crippen LogP contribution in [0.3, 0.4) is 0 Å². The summed E-state index contributed by atoms with van der Waals surface area (Å²) in [5.74, 6) is 0.0602. The molecule has 0 bridgehead atoms. The van der Waals surface area contributed by atoms with Gasteiger partial charge in [0.15, 0.2) is 5.82 Å². The summed E-state index contributed by atoms with van der Waals surface area (Å²) in [6, 6.07) is 20.3. The third-order valence-electron chi connectivity index (χ3n) is 5.16. The quantitative estimate of drug-likeness (QED) is 0.432. The molecule has 4 aromatic rings. The number of hydrogen-bond donors (Lipinski definition) is 1. The van der Waals surface area contributed by atoms with Gasteiger partial charge in [-0.3, -0.25) is 18.8 Å². The van der Waals surface area contributed by atoms with Gasteiger partial charge in [-0.2, -0.15) is 5.10 Å². The first kappa shape index (κ1) is 22.2. The van der Waals surface area contributed by atoms with Crippen LogP contribution in [0.5, 0.6) is 0 Å². The summed E-state index contributed by atoms with van der Waals surface area (Å²) in [5.41, 5.74) is 2.04. The molecule has 0 radical (unpaired) electrons. The lowest BCUT2D eigenvalue weighted by Crippen LogP contribution is -2.26. The van der Waals surface area contributed by atoms with Crippen molar-refractivity contribution in [2.24, 2.45) is 0 Å². The molecule has 0 saturated heterocycles. The van der Waals surface area contributed by atoms with Gasteiger partial charge in [0.05, 0.1) is 10.6 Å². The molecule has 2 heterocycles. The molecule has 0 spiro atoms. The first-order valence-corrected chi connectivity index (χ1v) is 11.8. The van der Waals surface area contributed by atoms with E-state index in [0.717, 1.165) is 12.0 Å². The van der Waals surface area contributed by atoms with Crippen LogP contribution in [0.1, 0.15) is 15.9 Å². The first-order chi connectivity index (χ1) is 15.9. The Labute approximate surface area is 192 Å². The SMILES string of the molecule is CN(c1ccccc1)S(=O)(=O)c1ccc(C(=O)Nc2ccn(CCc3ccncc3)n2)cc1. The molecule has 0 atom stereocenters. The van der Waals surface area contributed by atoms with Crippen molar-refractivity contribution < 1.29 is 13.2 Å². The minimum Gasteiger partial charge on any atom is -0.305 e. The Hall–Kier alpha value is -3.98. The van der Waals surface area contributed by atoms with E-state index in [4.69, 9.17) is 0 Å². The van der Waals surface area contributed by atoms with Crippen LogP contribution < -0.4 is 9.62 Å². The molecule has 0 unspecified atom stereocenters. The molecule has 8 nitrogen and oxygen atoms in total. The van der Waals surface area contributed by atoms with Gasteiger partial charge >= 0.3 is 0 Å². The maximum atomic E-state index is 12.9. The van der Waals surface area contributed by atoms with Crippen molar-refractivity contribution in [3.05, 3.63) is 103 Å². The Morgan fingerprint density at radius 2 is 1.67 bits per heavy atom. The summed E-state index contributed by atoms with van der Waals surface area (Å²) < 4.78 is 28.7. The van der Waals surface area contributed by atoms with Crippen molar-refractivity contribution in [1.29, 1.82) is 0 Å². The van der Waals surface area contributed by atoms with E-state index in [1.54, 1.807) is 53.6 Å². The average molecular weight is 462 g/mol. The van der Waals surface area contributed by atoms with Gasteiger partial charge in [-0.1, -0.05) is 18.2 Å². The van der Waals surface area contributed by atoms with Crippen LogP contribution >= 0.6 is 0 Å². The van der Waals surface area contributed by atoms with Crippen molar-refractivity contribution in [2.45, 2.75) is 17.9 Å². The number of carbonyl (C=O) groups is 1. The minimum absolute atomic E-state index is 0.103. The Morgan fingerprint density at radius 3 is 2.36 bits per heavy atom. The standard InChI is InChI=1S/C24H23N5O3S/c1-28(21-5-3-2-4-6-21)33(31,32)22-9-7-20(8-10-22)24(30)26-23-14-18-29(27-23)17-13-19-11-15-25-16-12-19/h2-12,14-16,18H,13,17H2,1H3,(H,26,27,30). The van der Waals surface area contributed by atoms with Gasteiger partial charge in [0.1, 0.15) is 0 Å². The molecule has 0 saturated carbocycles. The summed E-state index contributed by atoms with van der Waals surface area (Å²) in [7, 11) is -2.24. The molecule has 1 amide bonds. The molecule has 0 aliphatic rings. The molecule has 2 aromatic heterocycles. The lowest BCUT2D eigenvalue weighted by Gasteiger charge is -2.19. The van der Waals surface area contributed by atoms with Crippen molar-refractivity contribution in [3.8, 4) is 0 Å². The van der Waals surface area contributed by atoms with E-state index < -0.39 is 10.0 Å². The van der Waals surface area contributed by atoms with Crippen molar-refractivity contribution in [1.82, 2.24) is 14.8 Å². The average Bonchev–Trinajstić information content (AvgIpc) is 3.30. The number of carbonyl (C=O) groups excluding carboxylic acids is 1. The zero-order valence-electron chi connectivity index (χ0n) is 18.0. The molecule has 0 aliphatic heterocycles. The van der Waals surface area contributed by atoms with Gasteiger partial charge in [0.2, 0.25) is 0 Å². The number of sulfonamides is 1. The number of pyridine rings is 1. The van der Waals surface area contributed by atoms with E-state index in [2.05, 4.69) is 15.4 Å². The summed E-state index contributed by atoms with van der Waals surface area (Å²) in [6.45, 7) is 0.668. The van der Waals surface area contributed by atoms with Gasteiger partial charge in [-0.15, -0.1) is 0 Å². The molecule has 0 aliphatic carbocycles. The van der Waals surface area contributed by atoms with Crippen LogP contribution in [0.4, 0.5) is 11.5 Å². The monoisotopic (exact) mass is 461 g/mol. The van der Waals surface area contributed by atoms with E-state index in [9.17, 15) is 13.2 Å². The Morgan fingerprint density at radius 1 is 0.970 bits per heavy atom. The second-order valence-electron chi connectivity index (χ2n) is 7.36. The van der Waals surface area contributed by atoms with E-state index >= 15 is 0 Å². The van der Waals surface area contributed by atoms with Gasteiger partial charge in [-0.25, -0.2) is 8.42 Å². The topological polar surface area (TPSA) is 97.2 Å². The highest BCUT2D eigenvalue weighted by atomic mass is 32.2. The maximum absolute atomic E-state index is 12.9. The molecule has 0 fully saturated rings. The highest BCUT2D eigenvalue weighted by Gasteiger charge is 2.21. The van der Waals surface area contributed by atoms with Gasteiger partial charge in [0, 0.05) is 43.8 Å². The zero-order valence-corrected chi connectivity index (χ0v) is 18.8. The maximum Gasteiger partial charge on any atom is 0.264 e. The largest absolute Gasteiger partial charge is 0.305 e. The van der Waals surface area contributed by atoms with Crippen LogP contribution in [0, 0.1) is 0 Å². The Kier molecular flexibility index (Phi) is 6.50. The number of para-hydroxylation sites is 1. The predicted molar refractivity (Wildman–Crippen MR) is 127 cm³/mol.